The molecule has 4 nitrogen and oxygen atoms in total. The average molecular weight is 144 g/mol. The van der Waals surface area contributed by atoms with Crippen molar-refractivity contribution in [3.8, 4) is 0 Å². The first-order valence-corrected chi connectivity index (χ1v) is 2.58. The van der Waals surface area contributed by atoms with E-state index in [1.54, 1.807) is 0 Å². The fourth-order valence-electron chi connectivity index (χ4n) is 0.325. The van der Waals surface area contributed by atoms with Gasteiger partial charge in [0, 0.05) is 0 Å². The quantitative estimate of drug-likeness (QED) is 0.323. The average Bonchev–Trinajstić information content (AvgIpc) is 1.88. The molecule has 10 heavy (non-hydrogen) atoms. The van der Waals surface area contributed by atoms with Crippen molar-refractivity contribution in [2.45, 2.75) is 6.42 Å². The van der Waals surface area contributed by atoms with Crippen molar-refractivity contribution in [1.29, 1.82) is 0 Å². The summed E-state index contributed by atoms with van der Waals surface area (Å²) in [6.07, 6.45) is 0.591. The van der Waals surface area contributed by atoms with Gasteiger partial charge in [0.25, 0.3) is 0 Å². The zero-order chi connectivity index (χ0) is 7.98. The van der Waals surface area contributed by atoms with E-state index in [1.165, 1.54) is 7.11 Å². The lowest BCUT2D eigenvalue weighted by Crippen LogP contribution is -2.09. The van der Waals surface area contributed by atoms with Crippen molar-refractivity contribution in [1.82, 2.24) is 0 Å². The third-order valence-corrected chi connectivity index (χ3v) is 0.731. The number of rotatable bonds is 3. The molecule has 0 saturated carbocycles. The number of esters is 2. The van der Waals surface area contributed by atoms with Gasteiger partial charge in [-0.3, -0.25) is 9.59 Å². The van der Waals surface area contributed by atoms with Crippen LogP contribution in [0.25, 0.3) is 0 Å². The third kappa shape index (κ3) is 3.65. The van der Waals surface area contributed by atoms with E-state index in [1.807, 2.05) is 0 Å². The topological polar surface area (TPSA) is 52.6 Å². The summed E-state index contributed by atoms with van der Waals surface area (Å²) in [5.74, 6) is -1.28. The smallest absolute Gasteiger partial charge is 0.321 e. The summed E-state index contributed by atoms with van der Waals surface area (Å²) in [6.45, 7) is 3.14. The molecule has 0 saturated heterocycles. The monoisotopic (exact) mass is 144 g/mol. The van der Waals surface area contributed by atoms with E-state index < -0.39 is 11.9 Å². The third-order valence-electron chi connectivity index (χ3n) is 0.731. The van der Waals surface area contributed by atoms with Crippen LogP contribution in [0.4, 0.5) is 0 Å². The Hall–Kier alpha value is -1.32. The summed E-state index contributed by atoms with van der Waals surface area (Å²) in [7, 11) is 1.20. The molecule has 0 amide bonds. The van der Waals surface area contributed by atoms with E-state index in [0.717, 1.165) is 6.26 Å². The van der Waals surface area contributed by atoms with Gasteiger partial charge in [0.05, 0.1) is 13.4 Å². The Bertz CT molecular complexity index is 150. The van der Waals surface area contributed by atoms with Crippen LogP contribution in [0.1, 0.15) is 6.42 Å². The second-order valence-corrected chi connectivity index (χ2v) is 1.41. The highest BCUT2D eigenvalue weighted by Crippen LogP contribution is 1.88. The number of ether oxygens (including phenoxy) is 2. The lowest BCUT2D eigenvalue weighted by Gasteiger charge is -1.95. The second kappa shape index (κ2) is 4.55. The van der Waals surface area contributed by atoms with E-state index in [2.05, 4.69) is 16.1 Å². The second-order valence-electron chi connectivity index (χ2n) is 1.41. The first kappa shape index (κ1) is 8.68. The first-order chi connectivity index (χ1) is 4.70. The highest BCUT2D eigenvalue weighted by atomic mass is 16.5. The molecule has 0 bridgehead atoms. The molecule has 0 aromatic carbocycles. The number of carbonyl (C=O) groups is 2. The lowest BCUT2D eigenvalue weighted by molar-refractivity contribution is -0.149. The molecule has 0 atom stereocenters. The van der Waals surface area contributed by atoms with E-state index in [9.17, 15) is 9.59 Å². The van der Waals surface area contributed by atoms with Crippen LogP contribution in [0.3, 0.4) is 0 Å². The van der Waals surface area contributed by atoms with E-state index in [0.29, 0.717) is 0 Å². The van der Waals surface area contributed by atoms with Crippen LogP contribution in [0, 0.1) is 0 Å². The molecule has 0 rings (SSSR count). The van der Waals surface area contributed by atoms with Gasteiger partial charge in [0.2, 0.25) is 0 Å². The number of hydrogen-bond donors (Lipinski definition) is 0. The molecule has 4 heteroatoms. The molecular formula is C6H8O4. The fourth-order valence-corrected chi connectivity index (χ4v) is 0.325. The standard InChI is InChI=1S/C6H8O4/c1-3-10-6(8)4-5(7)9-2/h3H,1,4H2,2H3. The maximum atomic E-state index is 10.4. The molecule has 0 spiro atoms. The van der Waals surface area contributed by atoms with Gasteiger partial charge in [-0.2, -0.15) is 0 Å². The van der Waals surface area contributed by atoms with Crippen molar-refractivity contribution in [3.63, 3.8) is 0 Å². The molecule has 56 valence electrons. The Balaban J connectivity index is 3.57. The van der Waals surface area contributed by atoms with Crippen LogP contribution in [0.15, 0.2) is 12.8 Å². The van der Waals surface area contributed by atoms with Crippen molar-refractivity contribution in [2.75, 3.05) is 7.11 Å². The predicted octanol–water partition coefficient (Wildman–Crippen LogP) is 0.236. The maximum Gasteiger partial charge on any atom is 0.321 e. The zero-order valence-corrected chi connectivity index (χ0v) is 5.62. The van der Waals surface area contributed by atoms with Crippen molar-refractivity contribution in [2.24, 2.45) is 0 Å². The summed E-state index contributed by atoms with van der Waals surface area (Å²) in [4.78, 5) is 20.8. The summed E-state index contributed by atoms with van der Waals surface area (Å²) in [5.41, 5.74) is 0. The normalized spacial score (nSPS) is 8.10. The Morgan fingerprint density at radius 1 is 1.50 bits per heavy atom. The minimum absolute atomic E-state index is 0.373. The Morgan fingerprint density at radius 3 is 2.50 bits per heavy atom. The molecule has 0 unspecified atom stereocenters. The van der Waals surface area contributed by atoms with Gasteiger partial charge in [-0.15, -0.1) is 0 Å². The predicted molar refractivity (Wildman–Crippen MR) is 32.9 cm³/mol. The van der Waals surface area contributed by atoms with Gasteiger partial charge in [-0.05, 0) is 0 Å². The molecule has 0 aliphatic carbocycles. The molecule has 0 aromatic heterocycles. The number of carbonyl (C=O) groups excluding carboxylic acids is 2. The van der Waals surface area contributed by atoms with Crippen LogP contribution in [0.2, 0.25) is 0 Å². The highest BCUT2D eigenvalue weighted by molar-refractivity contribution is 5.91. The van der Waals surface area contributed by atoms with E-state index in [-0.39, 0.29) is 6.42 Å². The minimum atomic E-state index is -0.665. The molecule has 0 radical (unpaired) electrons. The Kier molecular flexibility index (Phi) is 3.95. The van der Waals surface area contributed by atoms with E-state index in [4.69, 9.17) is 0 Å². The zero-order valence-electron chi connectivity index (χ0n) is 5.62. The molecule has 0 aliphatic rings. The summed E-state index contributed by atoms with van der Waals surface area (Å²) < 4.78 is 8.43. The Labute approximate surface area is 58.4 Å². The van der Waals surface area contributed by atoms with Crippen LogP contribution < -0.4 is 0 Å². The molecule has 0 heterocycles. The lowest BCUT2D eigenvalue weighted by atomic mass is 10.4. The number of methoxy groups -OCH3 is 1. The largest absolute Gasteiger partial charge is 0.469 e. The van der Waals surface area contributed by atoms with Gasteiger partial charge in [0.15, 0.2) is 0 Å². The molecule has 0 N–H and O–H groups in total. The van der Waals surface area contributed by atoms with E-state index >= 15 is 0 Å². The van der Waals surface area contributed by atoms with Crippen LogP contribution in [-0.4, -0.2) is 19.0 Å². The van der Waals surface area contributed by atoms with Crippen LogP contribution in [-0.2, 0) is 19.1 Å². The van der Waals surface area contributed by atoms with Crippen LogP contribution >= 0.6 is 0 Å². The minimum Gasteiger partial charge on any atom is -0.469 e. The molecular weight excluding hydrogens is 136 g/mol. The van der Waals surface area contributed by atoms with Gasteiger partial charge in [-0.25, -0.2) is 0 Å². The Morgan fingerprint density at radius 2 is 2.10 bits per heavy atom. The fraction of sp³-hybridized carbons (Fsp3) is 0.333. The summed E-state index contributed by atoms with van der Waals surface area (Å²) in [6, 6.07) is 0. The van der Waals surface area contributed by atoms with Gasteiger partial charge in [0.1, 0.15) is 6.42 Å². The molecule has 0 aromatic rings. The number of hydrogen-bond acceptors (Lipinski definition) is 4. The molecule has 0 aliphatic heterocycles. The first-order valence-electron chi connectivity index (χ1n) is 2.58. The van der Waals surface area contributed by atoms with Gasteiger partial charge in [-0.1, -0.05) is 6.58 Å². The SMILES string of the molecule is C=COC(=O)CC(=O)OC. The van der Waals surface area contributed by atoms with Crippen LogP contribution in [0.5, 0.6) is 0 Å². The van der Waals surface area contributed by atoms with Gasteiger partial charge >= 0.3 is 11.9 Å². The summed E-state index contributed by atoms with van der Waals surface area (Å²) in [5, 5.41) is 0. The summed E-state index contributed by atoms with van der Waals surface area (Å²) >= 11 is 0. The van der Waals surface area contributed by atoms with Crippen molar-refractivity contribution < 1.29 is 19.1 Å². The van der Waals surface area contributed by atoms with Gasteiger partial charge < -0.3 is 9.47 Å². The van der Waals surface area contributed by atoms with Crippen molar-refractivity contribution >= 4 is 11.9 Å². The maximum absolute atomic E-state index is 10.4. The highest BCUT2D eigenvalue weighted by Gasteiger charge is 2.08. The molecule has 0 fully saturated rings. The van der Waals surface area contributed by atoms with Crippen molar-refractivity contribution in [3.05, 3.63) is 12.8 Å².